The van der Waals surface area contributed by atoms with Gasteiger partial charge in [-0.1, -0.05) is 114 Å². The molecular weight excluding hydrogens is 468 g/mol. The summed E-state index contributed by atoms with van der Waals surface area (Å²) in [6, 6.07) is 34.9. The van der Waals surface area contributed by atoms with E-state index in [0.29, 0.717) is 11.1 Å². The van der Waals surface area contributed by atoms with Crippen LogP contribution in [0.2, 0.25) is 0 Å². The lowest BCUT2D eigenvalue weighted by Gasteiger charge is -2.27. The number of hydrogen-bond donors (Lipinski definition) is 3. The monoisotopic (exact) mass is 500 g/mol. The first-order valence-corrected chi connectivity index (χ1v) is 12.9. The van der Waals surface area contributed by atoms with Crippen molar-refractivity contribution >= 4 is 0 Å². The summed E-state index contributed by atoms with van der Waals surface area (Å²) in [5.41, 5.74) is 8.00. The number of phenols is 3. The van der Waals surface area contributed by atoms with Gasteiger partial charge in [0.1, 0.15) is 17.2 Å². The van der Waals surface area contributed by atoms with E-state index in [1.807, 2.05) is 93.6 Å². The van der Waals surface area contributed by atoms with Gasteiger partial charge in [0, 0.05) is 34.1 Å². The van der Waals surface area contributed by atoms with Crippen LogP contribution >= 0.6 is 0 Å². The third kappa shape index (κ3) is 4.88. The maximum absolute atomic E-state index is 12.1. The first-order chi connectivity index (χ1) is 18.3. The largest absolute Gasteiger partial charge is 0.508 e. The second-order valence-corrected chi connectivity index (χ2v) is 10.1. The zero-order valence-corrected chi connectivity index (χ0v) is 21.9. The van der Waals surface area contributed by atoms with Crippen LogP contribution in [0.25, 0.3) is 0 Å². The standard InChI is InChI=1S/C35H32O3/c1-22-10-8-12-25(18-22)33(27-14-4-6-16-31(27)36)29-20-24(3)21-30(35(29)38)34(26-13-9-11-23(2)19-26)28-15-5-7-17-32(28)37/h4-21,33-34,36-38H,1-3H3. The lowest BCUT2D eigenvalue weighted by atomic mass is 9.78. The molecule has 5 rings (SSSR count). The van der Waals surface area contributed by atoms with Crippen molar-refractivity contribution in [2.24, 2.45) is 0 Å². The van der Waals surface area contributed by atoms with Crippen molar-refractivity contribution in [1.82, 2.24) is 0 Å². The number of aryl methyl sites for hydroxylation is 3. The van der Waals surface area contributed by atoms with E-state index in [1.54, 1.807) is 24.3 Å². The van der Waals surface area contributed by atoms with Crippen molar-refractivity contribution in [2.45, 2.75) is 32.6 Å². The van der Waals surface area contributed by atoms with E-state index < -0.39 is 11.8 Å². The molecule has 0 spiro atoms. The van der Waals surface area contributed by atoms with Crippen LogP contribution in [-0.4, -0.2) is 15.3 Å². The summed E-state index contributed by atoms with van der Waals surface area (Å²) < 4.78 is 0. The van der Waals surface area contributed by atoms with E-state index in [-0.39, 0.29) is 17.2 Å². The van der Waals surface area contributed by atoms with Gasteiger partial charge in [0.25, 0.3) is 0 Å². The highest BCUT2D eigenvalue weighted by Gasteiger charge is 2.29. The van der Waals surface area contributed by atoms with E-state index in [1.165, 1.54) is 0 Å². The predicted octanol–water partition coefficient (Wildman–Crippen LogP) is 8.09. The lowest BCUT2D eigenvalue weighted by Crippen LogP contribution is -2.10. The molecule has 0 amide bonds. The van der Waals surface area contributed by atoms with Crippen molar-refractivity contribution in [3.05, 3.63) is 159 Å². The van der Waals surface area contributed by atoms with Crippen LogP contribution < -0.4 is 0 Å². The molecule has 0 aromatic heterocycles. The van der Waals surface area contributed by atoms with Gasteiger partial charge in [-0.3, -0.25) is 0 Å². The van der Waals surface area contributed by atoms with Gasteiger partial charge in [-0.15, -0.1) is 0 Å². The zero-order chi connectivity index (χ0) is 26.8. The highest BCUT2D eigenvalue weighted by atomic mass is 16.3. The molecule has 3 heteroatoms. The van der Waals surface area contributed by atoms with Gasteiger partial charge in [0.05, 0.1) is 0 Å². The third-order valence-corrected chi connectivity index (χ3v) is 7.18. The average molecular weight is 501 g/mol. The summed E-state index contributed by atoms with van der Waals surface area (Å²) >= 11 is 0. The van der Waals surface area contributed by atoms with Crippen molar-refractivity contribution in [1.29, 1.82) is 0 Å². The third-order valence-electron chi connectivity index (χ3n) is 7.18. The van der Waals surface area contributed by atoms with Gasteiger partial charge < -0.3 is 15.3 Å². The molecular formula is C35H32O3. The number of phenolic OH excluding ortho intramolecular Hbond substituents is 3. The molecule has 0 aliphatic heterocycles. The van der Waals surface area contributed by atoms with Crippen LogP contribution in [0.15, 0.2) is 109 Å². The molecule has 3 N–H and O–H groups in total. The first kappa shape index (κ1) is 25.2. The molecule has 5 aromatic rings. The number of aromatic hydroxyl groups is 3. The molecule has 2 unspecified atom stereocenters. The summed E-state index contributed by atoms with van der Waals surface area (Å²) in [4.78, 5) is 0. The molecule has 0 saturated heterocycles. The van der Waals surface area contributed by atoms with E-state index >= 15 is 0 Å². The normalized spacial score (nSPS) is 12.7. The quantitative estimate of drug-likeness (QED) is 0.207. The SMILES string of the molecule is Cc1cccc(C(c2ccccc2O)c2cc(C)cc(C(c3cccc(C)c3)c3ccccc3O)c2O)c1. The molecule has 5 aromatic carbocycles. The van der Waals surface area contributed by atoms with Crippen LogP contribution in [0, 0.1) is 20.8 Å². The maximum atomic E-state index is 12.1. The Morgan fingerprint density at radius 3 is 1.24 bits per heavy atom. The molecule has 0 fully saturated rings. The van der Waals surface area contributed by atoms with Gasteiger partial charge in [-0.25, -0.2) is 0 Å². The van der Waals surface area contributed by atoms with E-state index in [0.717, 1.165) is 38.9 Å². The molecule has 3 nitrogen and oxygen atoms in total. The summed E-state index contributed by atoms with van der Waals surface area (Å²) in [6.45, 7) is 6.10. The lowest BCUT2D eigenvalue weighted by molar-refractivity contribution is 0.450. The van der Waals surface area contributed by atoms with Crippen molar-refractivity contribution in [3.63, 3.8) is 0 Å². The molecule has 0 aliphatic carbocycles. The van der Waals surface area contributed by atoms with E-state index in [9.17, 15) is 15.3 Å². The second-order valence-electron chi connectivity index (χ2n) is 10.1. The minimum absolute atomic E-state index is 0.153. The molecule has 0 heterocycles. The fraction of sp³-hybridized carbons (Fsp3) is 0.143. The highest BCUT2D eigenvalue weighted by molar-refractivity contribution is 5.60. The van der Waals surface area contributed by atoms with Crippen LogP contribution in [0.1, 0.15) is 61.9 Å². The smallest absolute Gasteiger partial charge is 0.123 e. The van der Waals surface area contributed by atoms with Crippen molar-refractivity contribution in [3.8, 4) is 17.2 Å². The minimum atomic E-state index is -0.391. The van der Waals surface area contributed by atoms with Gasteiger partial charge >= 0.3 is 0 Å². The Morgan fingerprint density at radius 2 is 0.842 bits per heavy atom. The summed E-state index contributed by atoms with van der Waals surface area (Å²) in [7, 11) is 0. The number of hydrogen-bond acceptors (Lipinski definition) is 3. The topological polar surface area (TPSA) is 60.7 Å². The maximum Gasteiger partial charge on any atom is 0.123 e. The van der Waals surface area contributed by atoms with Crippen molar-refractivity contribution in [2.75, 3.05) is 0 Å². The molecule has 0 radical (unpaired) electrons. The molecule has 2 atom stereocenters. The summed E-state index contributed by atoms with van der Waals surface area (Å²) in [5.74, 6) is -0.274. The van der Waals surface area contributed by atoms with Crippen LogP contribution in [0.5, 0.6) is 17.2 Å². The Balaban J connectivity index is 1.80. The fourth-order valence-corrected chi connectivity index (χ4v) is 5.49. The Morgan fingerprint density at radius 1 is 0.421 bits per heavy atom. The zero-order valence-electron chi connectivity index (χ0n) is 21.9. The van der Waals surface area contributed by atoms with Crippen LogP contribution in [0.3, 0.4) is 0 Å². The Hall–Kier alpha value is -4.50. The van der Waals surface area contributed by atoms with Crippen LogP contribution in [0.4, 0.5) is 0 Å². The van der Waals surface area contributed by atoms with Gasteiger partial charge in [-0.2, -0.15) is 0 Å². The number of benzene rings is 5. The van der Waals surface area contributed by atoms with E-state index in [4.69, 9.17) is 0 Å². The molecule has 0 saturated carbocycles. The molecule has 190 valence electrons. The minimum Gasteiger partial charge on any atom is -0.508 e. The van der Waals surface area contributed by atoms with Gasteiger partial charge in [0.2, 0.25) is 0 Å². The average Bonchev–Trinajstić information content (AvgIpc) is 2.89. The first-order valence-electron chi connectivity index (χ1n) is 12.9. The Kier molecular flexibility index (Phi) is 6.93. The Bertz CT molecular complexity index is 1480. The number of para-hydroxylation sites is 2. The van der Waals surface area contributed by atoms with Crippen molar-refractivity contribution < 1.29 is 15.3 Å². The molecule has 0 bridgehead atoms. The molecule has 0 aliphatic rings. The van der Waals surface area contributed by atoms with E-state index in [2.05, 4.69) is 12.1 Å². The number of rotatable bonds is 6. The molecule has 38 heavy (non-hydrogen) atoms. The second kappa shape index (κ2) is 10.5. The highest BCUT2D eigenvalue weighted by Crippen LogP contribution is 2.47. The fourth-order valence-electron chi connectivity index (χ4n) is 5.49. The Labute approximate surface area is 224 Å². The summed E-state index contributed by atoms with van der Waals surface area (Å²) in [6.07, 6.45) is 0. The van der Waals surface area contributed by atoms with Crippen LogP contribution in [-0.2, 0) is 0 Å². The predicted molar refractivity (Wildman–Crippen MR) is 153 cm³/mol. The van der Waals surface area contributed by atoms with Gasteiger partial charge in [0.15, 0.2) is 0 Å². The van der Waals surface area contributed by atoms with Gasteiger partial charge in [-0.05, 0) is 44.0 Å². The summed E-state index contributed by atoms with van der Waals surface area (Å²) in [5, 5.41) is 33.9.